The minimum atomic E-state index is -0.303. The highest BCUT2D eigenvalue weighted by Gasteiger charge is 2.27. The van der Waals surface area contributed by atoms with Crippen molar-refractivity contribution in [2.75, 3.05) is 26.2 Å². The van der Waals surface area contributed by atoms with E-state index in [4.69, 9.17) is 9.47 Å². The summed E-state index contributed by atoms with van der Waals surface area (Å²) >= 11 is 0. The van der Waals surface area contributed by atoms with E-state index < -0.39 is 0 Å². The fraction of sp³-hybridized carbons (Fsp3) is 0.381. The van der Waals surface area contributed by atoms with Gasteiger partial charge in [-0.1, -0.05) is 12.1 Å². The average molecular weight is 399 g/mol. The molecule has 1 saturated heterocycles. The van der Waals surface area contributed by atoms with Crippen LogP contribution in [0.15, 0.2) is 36.4 Å². The molecule has 0 saturated carbocycles. The van der Waals surface area contributed by atoms with Crippen LogP contribution in [0.3, 0.4) is 0 Å². The predicted molar refractivity (Wildman–Crippen MR) is 102 cm³/mol. The lowest BCUT2D eigenvalue weighted by Crippen LogP contribution is -2.42. The molecule has 0 aliphatic carbocycles. The molecule has 2 aromatic rings. The number of pyridine rings is 1. The molecule has 0 N–H and O–H groups in total. The van der Waals surface area contributed by atoms with Crippen LogP contribution in [0.1, 0.15) is 24.1 Å². The second-order valence-electron chi connectivity index (χ2n) is 7.14. The first kappa shape index (κ1) is 19.2. The van der Waals surface area contributed by atoms with E-state index in [1.807, 2.05) is 0 Å². The van der Waals surface area contributed by atoms with Crippen molar-refractivity contribution in [3.05, 3.63) is 53.5 Å². The lowest BCUT2D eigenvalue weighted by molar-refractivity contribution is -0.141. The summed E-state index contributed by atoms with van der Waals surface area (Å²) in [7, 11) is 0. The molecule has 152 valence electrons. The van der Waals surface area contributed by atoms with E-state index in [-0.39, 0.29) is 43.9 Å². The molecule has 7 nitrogen and oxygen atoms in total. The number of aromatic nitrogens is 1. The molecule has 2 aliphatic rings. The van der Waals surface area contributed by atoms with E-state index in [0.29, 0.717) is 17.3 Å². The molecule has 0 atom stereocenters. The lowest BCUT2D eigenvalue weighted by Gasteiger charge is -2.23. The number of carbonyl (C=O) groups excluding carboxylic acids is 2. The van der Waals surface area contributed by atoms with Gasteiger partial charge in [-0.05, 0) is 36.6 Å². The number of fused-ring (bicyclic) bond motifs is 1. The van der Waals surface area contributed by atoms with Crippen molar-refractivity contribution >= 4 is 11.8 Å². The molecule has 0 spiro atoms. The fourth-order valence-electron chi connectivity index (χ4n) is 3.41. The van der Waals surface area contributed by atoms with Crippen LogP contribution in [-0.4, -0.2) is 52.8 Å². The van der Waals surface area contributed by atoms with Crippen LogP contribution in [-0.2, 0) is 22.7 Å². The molecule has 1 aromatic heterocycles. The molecule has 4 rings (SSSR count). The van der Waals surface area contributed by atoms with Gasteiger partial charge in [-0.3, -0.25) is 9.59 Å². The Kier molecular flexibility index (Phi) is 5.59. The number of ether oxygens (including phenoxy) is 2. The standard InChI is InChI=1S/C21H22FN3O4/c22-16-5-3-15(4-6-16)13-29-19-8-7-18-17(23-19)11-25(21(27)14-28-18)12-20(26)24-9-1-2-10-24/h3-8H,1-2,9-14H2. The molecule has 8 heteroatoms. The van der Waals surface area contributed by atoms with E-state index in [0.717, 1.165) is 31.5 Å². The first-order valence-corrected chi connectivity index (χ1v) is 9.64. The number of benzene rings is 1. The zero-order valence-electron chi connectivity index (χ0n) is 16.0. The highest BCUT2D eigenvalue weighted by Crippen LogP contribution is 2.25. The van der Waals surface area contributed by atoms with E-state index in [1.54, 1.807) is 29.2 Å². The van der Waals surface area contributed by atoms with Gasteiger partial charge in [0.15, 0.2) is 6.61 Å². The Balaban J connectivity index is 1.44. The number of hydrogen-bond acceptors (Lipinski definition) is 5. The molecule has 1 fully saturated rings. The molecule has 3 heterocycles. The maximum absolute atomic E-state index is 13.0. The zero-order chi connectivity index (χ0) is 20.2. The van der Waals surface area contributed by atoms with Gasteiger partial charge >= 0.3 is 0 Å². The van der Waals surface area contributed by atoms with Crippen LogP contribution in [0.4, 0.5) is 4.39 Å². The summed E-state index contributed by atoms with van der Waals surface area (Å²) in [6.45, 7) is 1.80. The van der Waals surface area contributed by atoms with E-state index >= 15 is 0 Å². The van der Waals surface area contributed by atoms with Crippen molar-refractivity contribution in [2.45, 2.75) is 26.0 Å². The molecule has 1 aromatic carbocycles. The first-order chi connectivity index (χ1) is 14.1. The van der Waals surface area contributed by atoms with Gasteiger partial charge in [0.1, 0.15) is 30.4 Å². The molecule has 2 aliphatic heterocycles. The predicted octanol–water partition coefficient (Wildman–Crippen LogP) is 2.14. The Morgan fingerprint density at radius 1 is 1.14 bits per heavy atom. The molecule has 0 bridgehead atoms. The van der Waals surface area contributed by atoms with Crippen molar-refractivity contribution in [2.24, 2.45) is 0 Å². The van der Waals surface area contributed by atoms with Crippen LogP contribution < -0.4 is 9.47 Å². The summed E-state index contributed by atoms with van der Waals surface area (Å²) in [6, 6.07) is 9.41. The van der Waals surface area contributed by atoms with Crippen LogP contribution in [0.25, 0.3) is 0 Å². The summed E-state index contributed by atoms with van der Waals surface area (Å²) in [5.74, 6) is 0.273. The maximum Gasteiger partial charge on any atom is 0.261 e. The van der Waals surface area contributed by atoms with Gasteiger partial charge in [-0.2, -0.15) is 0 Å². The second kappa shape index (κ2) is 8.46. The monoisotopic (exact) mass is 399 g/mol. The van der Waals surface area contributed by atoms with Crippen molar-refractivity contribution in [3.63, 3.8) is 0 Å². The molecule has 2 amide bonds. The van der Waals surface area contributed by atoms with Gasteiger partial charge in [0.25, 0.3) is 5.91 Å². The minimum absolute atomic E-state index is 0.0178. The van der Waals surface area contributed by atoms with Gasteiger partial charge in [0.05, 0.1) is 6.54 Å². The molecule has 0 radical (unpaired) electrons. The maximum atomic E-state index is 13.0. The van der Waals surface area contributed by atoms with Crippen LogP contribution in [0.2, 0.25) is 0 Å². The average Bonchev–Trinajstić information content (AvgIpc) is 3.22. The molecule has 0 unspecified atom stereocenters. The van der Waals surface area contributed by atoms with E-state index in [9.17, 15) is 14.0 Å². The van der Waals surface area contributed by atoms with E-state index in [2.05, 4.69) is 4.98 Å². The summed E-state index contributed by atoms with van der Waals surface area (Å²) in [5, 5.41) is 0. The van der Waals surface area contributed by atoms with Crippen LogP contribution in [0, 0.1) is 5.82 Å². The Morgan fingerprint density at radius 2 is 1.90 bits per heavy atom. The van der Waals surface area contributed by atoms with Gasteiger partial charge in [-0.15, -0.1) is 0 Å². The van der Waals surface area contributed by atoms with Crippen molar-refractivity contribution in [1.82, 2.24) is 14.8 Å². The Hall–Kier alpha value is -3.16. The largest absolute Gasteiger partial charge is 0.482 e. The number of likely N-dealkylation sites (tertiary alicyclic amines) is 1. The Morgan fingerprint density at radius 3 is 2.66 bits per heavy atom. The van der Waals surface area contributed by atoms with Gasteiger partial charge in [0.2, 0.25) is 11.8 Å². The quantitative estimate of drug-likeness (QED) is 0.770. The first-order valence-electron chi connectivity index (χ1n) is 9.64. The van der Waals surface area contributed by atoms with Gasteiger partial charge in [0, 0.05) is 19.2 Å². The van der Waals surface area contributed by atoms with E-state index in [1.165, 1.54) is 17.0 Å². The molecular weight excluding hydrogens is 377 g/mol. The summed E-state index contributed by atoms with van der Waals surface area (Å²) in [5.41, 5.74) is 1.36. The summed E-state index contributed by atoms with van der Waals surface area (Å²) < 4.78 is 24.3. The normalized spacial score (nSPS) is 16.2. The van der Waals surface area contributed by atoms with Crippen LogP contribution >= 0.6 is 0 Å². The third-order valence-electron chi connectivity index (χ3n) is 5.04. The number of rotatable bonds is 5. The highest BCUT2D eigenvalue weighted by molar-refractivity contribution is 5.86. The van der Waals surface area contributed by atoms with Crippen LogP contribution in [0.5, 0.6) is 11.6 Å². The number of hydrogen-bond donors (Lipinski definition) is 0. The van der Waals surface area contributed by atoms with Crippen molar-refractivity contribution in [3.8, 4) is 11.6 Å². The molecular formula is C21H22FN3O4. The number of amides is 2. The number of halogens is 1. The van der Waals surface area contributed by atoms with Gasteiger partial charge in [-0.25, -0.2) is 9.37 Å². The van der Waals surface area contributed by atoms with Gasteiger partial charge < -0.3 is 19.3 Å². The fourth-order valence-corrected chi connectivity index (χ4v) is 3.41. The minimum Gasteiger partial charge on any atom is -0.482 e. The Labute approximate surface area is 168 Å². The zero-order valence-corrected chi connectivity index (χ0v) is 16.0. The molecule has 29 heavy (non-hydrogen) atoms. The number of carbonyl (C=O) groups is 2. The third kappa shape index (κ3) is 4.64. The Bertz CT molecular complexity index is 897. The lowest BCUT2D eigenvalue weighted by atomic mass is 10.2. The third-order valence-corrected chi connectivity index (χ3v) is 5.04. The number of nitrogens with zero attached hydrogens (tertiary/aromatic N) is 3. The topological polar surface area (TPSA) is 72.0 Å². The summed E-state index contributed by atoms with van der Waals surface area (Å²) in [6.07, 6.45) is 2.00. The highest BCUT2D eigenvalue weighted by atomic mass is 19.1. The smallest absolute Gasteiger partial charge is 0.261 e. The SMILES string of the molecule is O=C(CN1Cc2nc(OCc3ccc(F)cc3)ccc2OCC1=O)N1CCCC1. The summed E-state index contributed by atoms with van der Waals surface area (Å²) in [4.78, 5) is 32.6. The second-order valence-corrected chi connectivity index (χ2v) is 7.14. The van der Waals surface area contributed by atoms with Crippen molar-refractivity contribution in [1.29, 1.82) is 0 Å². The van der Waals surface area contributed by atoms with Crippen molar-refractivity contribution < 1.29 is 23.5 Å².